The molecule has 5 heteroatoms. The Morgan fingerprint density at radius 3 is 2.62 bits per heavy atom. The van der Waals surface area contributed by atoms with E-state index in [9.17, 15) is 9.59 Å². The molecule has 2 rings (SSSR count). The molecule has 3 amide bonds. The Kier molecular flexibility index (Phi) is 4.09. The average Bonchev–Trinajstić information content (AvgIpc) is 2.59. The minimum Gasteiger partial charge on any atom is -0.306 e. The molecule has 0 aromatic heterocycles. The van der Waals surface area contributed by atoms with E-state index in [0.29, 0.717) is 5.88 Å². The SMILES string of the molecule is O=C1CN(CSCC2CCCCC2)C(=O)N1. The Hall–Kier alpha value is -0.710. The molecule has 0 spiro atoms. The second-order valence-electron chi connectivity index (χ2n) is 4.56. The first-order valence-electron chi connectivity index (χ1n) is 5.92. The minimum absolute atomic E-state index is 0.178. The molecule has 0 aromatic rings. The number of nitrogens with one attached hydrogen (secondary N) is 1. The van der Waals surface area contributed by atoms with Crippen LogP contribution in [0.5, 0.6) is 0 Å². The van der Waals surface area contributed by atoms with Crippen LogP contribution < -0.4 is 5.32 Å². The lowest BCUT2D eigenvalue weighted by Gasteiger charge is -2.22. The maximum absolute atomic E-state index is 11.2. The Morgan fingerprint density at radius 2 is 2.00 bits per heavy atom. The first-order chi connectivity index (χ1) is 7.75. The highest BCUT2D eigenvalue weighted by Gasteiger charge is 2.26. The maximum atomic E-state index is 11.2. The van der Waals surface area contributed by atoms with Gasteiger partial charge in [-0.05, 0) is 24.5 Å². The predicted molar refractivity (Wildman–Crippen MR) is 64.1 cm³/mol. The standard InChI is InChI=1S/C11H18N2O2S/c14-10-6-13(11(15)12-10)8-16-7-9-4-2-1-3-5-9/h9H,1-8H2,(H,12,14,15). The van der Waals surface area contributed by atoms with Crippen LogP contribution in [-0.2, 0) is 4.79 Å². The molecule has 1 aliphatic heterocycles. The monoisotopic (exact) mass is 242 g/mol. The van der Waals surface area contributed by atoms with Crippen molar-refractivity contribution in [3.05, 3.63) is 0 Å². The van der Waals surface area contributed by atoms with Crippen molar-refractivity contribution in [2.45, 2.75) is 32.1 Å². The second-order valence-corrected chi connectivity index (χ2v) is 5.55. The average molecular weight is 242 g/mol. The molecule has 16 heavy (non-hydrogen) atoms. The zero-order chi connectivity index (χ0) is 11.4. The highest BCUT2D eigenvalue weighted by molar-refractivity contribution is 7.99. The second kappa shape index (κ2) is 5.57. The van der Waals surface area contributed by atoms with Crippen LogP contribution in [0, 0.1) is 5.92 Å². The normalized spacial score (nSPS) is 22.6. The van der Waals surface area contributed by atoms with Crippen LogP contribution in [0.2, 0.25) is 0 Å². The number of nitrogens with zero attached hydrogens (tertiary/aromatic N) is 1. The van der Waals surface area contributed by atoms with Crippen LogP contribution in [0.4, 0.5) is 4.79 Å². The van der Waals surface area contributed by atoms with E-state index in [0.717, 1.165) is 11.7 Å². The molecule has 90 valence electrons. The number of hydrogen-bond acceptors (Lipinski definition) is 3. The number of amides is 3. The van der Waals surface area contributed by atoms with Crippen molar-refractivity contribution in [2.24, 2.45) is 5.92 Å². The van der Waals surface area contributed by atoms with Crippen molar-refractivity contribution in [3.8, 4) is 0 Å². The quantitative estimate of drug-likeness (QED) is 0.765. The van der Waals surface area contributed by atoms with E-state index >= 15 is 0 Å². The van der Waals surface area contributed by atoms with Gasteiger partial charge in [0.25, 0.3) is 0 Å². The van der Waals surface area contributed by atoms with Crippen LogP contribution in [0.15, 0.2) is 0 Å². The Balaban J connectivity index is 1.64. The Bertz CT molecular complexity index is 277. The summed E-state index contributed by atoms with van der Waals surface area (Å²) >= 11 is 1.78. The highest BCUT2D eigenvalue weighted by atomic mass is 32.2. The van der Waals surface area contributed by atoms with Gasteiger partial charge < -0.3 is 4.90 Å². The molecule has 2 aliphatic rings. The molecule has 0 aromatic carbocycles. The van der Waals surface area contributed by atoms with E-state index in [4.69, 9.17) is 0 Å². The van der Waals surface area contributed by atoms with Crippen LogP contribution in [0.1, 0.15) is 32.1 Å². The third kappa shape index (κ3) is 3.14. The summed E-state index contributed by atoms with van der Waals surface area (Å²) < 4.78 is 0. The zero-order valence-electron chi connectivity index (χ0n) is 9.41. The van der Waals surface area contributed by atoms with E-state index < -0.39 is 0 Å². The summed E-state index contributed by atoms with van der Waals surface area (Å²) in [7, 11) is 0. The molecule has 1 saturated heterocycles. The molecule has 0 bridgehead atoms. The number of hydrogen-bond donors (Lipinski definition) is 1. The first kappa shape index (κ1) is 11.8. The van der Waals surface area contributed by atoms with Crippen molar-refractivity contribution < 1.29 is 9.59 Å². The van der Waals surface area contributed by atoms with Gasteiger partial charge in [0.15, 0.2) is 0 Å². The lowest BCUT2D eigenvalue weighted by atomic mass is 9.91. The molecule has 1 heterocycles. The van der Waals surface area contributed by atoms with Gasteiger partial charge in [0.05, 0.1) is 5.88 Å². The van der Waals surface area contributed by atoms with Gasteiger partial charge in [0.1, 0.15) is 6.54 Å². The molecule has 2 fully saturated rings. The summed E-state index contributed by atoms with van der Waals surface area (Å²) in [5.74, 6) is 2.41. The fourth-order valence-electron chi connectivity index (χ4n) is 2.27. The maximum Gasteiger partial charge on any atom is 0.325 e. The molecule has 0 atom stereocenters. The lowest BCUT2D eigenvalue weighted by Crippen LogP contribution is -2.28. The Morgan fingerprint density at radius 1 is 1.25 bits per heavy atom. The van der Waals surface area contributed by atoms with Crippen LogP contribution in [0.3, 0.4) is 0 Å². The summed E-state index contributed by atoms with van der Waals surface area (Å²) in [6.07, 6.45) is 6.75. The van der Waals surface area contributed by atoms with Crippen molar-refractivity contribution in [2.75, 3.05) is 18.2 Å². The van der Waals surface area contributed by atoms with Crippen molar-refractivity contribution in [1.29, 1.82) is 0 Å². The van der Waals surface area contributed by atoms with Gasteiger partial charge in [-0.25, -0.2) is 4.79 Å². The largest absolute Gasteiger partial charge is 0.325 e. The molecule has 1 N–H and O–H groups in total. The van der Waals surface area contributed by atoms with Gasteiger partial charge in [-0.3, -0.25) is 10.1 Å². The van der Waals surface area contributed by atoms with Gasteiger partial charge in [0.2, 0.25) is 5.91 Å². The molecule has 1 aliphatic carbocycles. The fraction of sp³-hybridized carbons (Fsp3) is 0.818. The predicted octanol–water partition coefficient (Wildman–Crippen LogP) is 1.81. The van der Waals surface area contributed by atoms with Gasteiger partial charge in [-0.1, -0.05) is 19.3 Å². The van der Waals surface area contributed by atoms with E-state index in [2.05, 4.69) is 5.32 Å². The van der Waals surface area contributed by atoms with Crippen molar-refractivity contribution in [1.82, 2.24) is 10.2 Å². The van der Waals surface area contributed by atoms with Gasteiger partial charge in [0, 0.05) is 0 Å². The van der Waals surface area contributed by atoms with Gasteiger partial charge in [-0.2, -0.15) is 0 Å². The molecule has 1 saturated carbocycles. The van der Waals surface area contributed by atoms with Gasteiger partial charge >= 0.3 is 6.03 Å². The summed E-state index contributed by atoms with van der Waals surface area (Å²) in [4.78, 5) is 23.8. The van der Waals surface area contributed by atoms with Gasteiger partial charge in [-0.15, -0.1) is 11.8 Å². The van der Waals surface area contributed by atoms with Crippen LogP contribution in [-0.4, -0.2) is 35.0 Å². The Labute approximate surface area is 100 Å². The highest BCUT2D eigenvalue weighted by Crippen LogP contribution is 2.27. The summed E-state index contributed by atoms with van der Waals surface area (Å²) in [5, 5.41) is 2.29. The fourth-order valence-corrected chi connectivity index (χ4v) is 3.47. The number of thioether (sulfide) groups is 1. The third-order valence-corrected chi connectivity index (χ3v) is 4.39. The lowest BCUT2D eigenvalue weighted by molar-refractivity contribution is -0.118. The van der Waals surface area contributed by atoms with Crippen molar-refractivity contribution in [3.63, 3.8) is 0 Å². The number of imide groups is 1. The third-order valence-electron chi connectivity index (χ3n) is 3.19. The summed E-state index contributed by atoms with van der Waals surface area (Å²) in [6.45, 7) is 0.233. The number of rotatable bonds is 4. The molecule has 4 nitrogen and oxygen atoms in total. The topological polar surface area (TPSA) is 49.4 Å². The molecule has 0 radical (unpaired) electrons. The number of carbonyl (C=O) groups excluding carboxylic acids is 2. The zero-order valence-corrected chi connectivity index (χ0v) is 10.2. The van der Waals surface area contributed by atoms with E-state index in [1.807, 2.05) is 0 Å². The van der Waals surface area contributed by atoms with E-state index in [-0.39, 0.29) is 18.5 Å². The molecular formula is C11H18N2O2S. The summed E-state index contributed by atoms with van der Waals surface area (Å²) in [5.41, 5.74) is 0. The first-order valence-corrected chi connectivity index (χ1v) is 7.07. The smallest absolute Gasteiger partial charge is 0.306 e. The van der Waals surface area contributed by atoms with Crippen LogP contribution >= 0.6 is 11.8 Å². The van der Waals surface area contributed by atoms with Crippen molar-refractivity contribution >= 4 is 23.7 Å². The summed E-state index contributed by atoms with van der Waals surface area (Å²) in [6, 6.07) is -0.235. The minimum atomic E-state index is -0.235. The molecular weight excluding hydrogens is 224 g/mol. The van der Waals surface area contributed by atoms with E-state index in [1.165, 1.54) is 32.1 Å². The number of urea groups is 1. The van der Waals surface area contributed by atoms with E-state index in [1.54, 1.807) is 16.7 Å². The molecule has 0 unspecified atom stereocenters. The van der Waals surface area contributed by atoms with Crippen LogP contribution in [0.25, 0.3) is 0 Å². The number of carbonyl (C=O) groups is 2.